The largest absolute Gasteiger partial charge is 0.497 e. The summed E-state index contributed by atoms with van der Waals surface area (Å²) in [5.74, 6) is -1.41. The van der Waals surface area contributed by atoms with Gasteiger partial charge in [-0.25, -0.2) is 14.0 Å². The lowest BCUT2D eigenvalue weighted by atomic mass is 10.2. The molecule has 1 rings (SSSR count). The molecule has 1 aromatic rings. The number of carbonyl (C=O) groups is 2. The fourth-order valence-electron chi connectivity index (χ4n) is 1.38. The molecule has 19 heavy (non-hydrogen) atoms. The van der Waals surface area contributed by atoms with E-state index in [-0.39, 0.29) is 12.1 Å². The van der Waals surface area contributed by atoms with E-state index >= 15 is 0 Å². The number of rotatable bonds is 5. The first-order valence-electron chi connectivity index (χ1n) is 5.61. The highest BCUT2D eigenvalue weighted by Crippen LogP contribution is 2.20. The zero-order chi connectivity index (χ0) is 14.4. The van der Waals surface area contributed by atoms with E-state index in [4.69, 9.17) is 9.84 Å². The smallest absolute Gasteiger partial charge is 0.326 e. The Kier molecular flexibility index (Phi) is 5.11. The van der Waals surface area contributed by atoms with E-state index in [9.17, 15) is 14.0 Å². The summed E-state index contributed by atoms with van der Waals surface area (Å²) in [4.78, 5) is 22.3. The van der Waals surface area contributed by atoms with Crippen molar-refractivity contribution in [2.75, 3.05) is 12.4 Å². The maximum Gasteiger partial charge on any atom is 0.326 e. The van der Waals surface area contributed by atoms with Gasteiger partial charge >= 0.3 is 12.0 Å². The van der Waals surface area contributed by atoms with Crippen molar-refractivity contribution in [1.29, 1.82) is 0 Å². The van der Waals surface area contributed by atoms with E-state index in [1.807, 2.05) is 0 Å². The van der Waals surface area contributed by atoms with Gasteiger partial charge in [0.25, 0.3) is 0 Å². The Labute approximate surface area is 109 Å². The number of halogens is 1. The summed E-state index contributed by atoms with van der Waals surface area (Å²) in [6, 6.07) is 2.04. The van der Waals surface area contributed by atoms with Crippen molar-refractivity contribution in [3.63, 3.8) is 0 Å². The zero-order valence-corrected chi connectivity index (χ0v) is 10.6. The average Bonchev–Trinajstić information content (AvgIpc) is 2.38. The first kappa shape index (κ1) is 14.7. The van der Waals surface area contributed by atoms with Gasteiger partial charge in [0.05, 0.1) is 12.8 Å². The molecular formula is C12H15FN2O4. The Balaban J connectivity index is 2.73. The number of carboxylic acid groups (broad SMARTS) is 1. The van der Waals surface area contributed by atoms with Gasteiger partial charge in [-0.05, 0) is 18.6 Å². The van der Waals surface area contributed by atoms with Gasteiger partial charge in [-0.3, -0.25) is 0 Å². The molecule has 0 bridgehead atoms. The second kappa shape index (κ2) is 6.58. The maximum absolute atomic E-state index is 13.4. The van der Waals surface area contributed by atoms with Crippen molar-refractivity contribution in [1.82, 2.24) is 5.32 Å². The van der Waals surface area contributed by atoms with Gasteiger partial charge in [-0.1, -0.05) is 6.92 Å². The summed E-state index contributed by atoms with van der Waals surface area (Å²) < 4.78 is 18.3. The molecule has 1 atom stereocenters. The molecule has 0 fully saturated rings. The number of aliphatic carboxylic acids is 1. The molecular weight excluding hydrogens is 255 g/mol. The second-order valence-electron chi connectivity index (χ2n) is 3.74. The molecule has 0 aliphatic heterocycles. The van der Waals surface area contributed by atoms with E-state index in [2.05, 4.69) is 10.6 Å². The number of nitrogens with one attached hydrogen (secondary N) is 2. The highest BCUT2D eigenvalue weighted by atomic mass is 19.1. The number of amides is 2. The molecule has 1 aromatic carbocycles. The van der Waals surface area contributed by atoms with Gasteiger partial charge in [0.2, 0.25) is 0 Å². The monoisotopic (exact) mass is 270 g/mol. The van der Waals surface area contributed by atoms with Crippen molar-refractivity contribution in [3.05, 3.63) is 24.0 Å². The lowest BCUT2D eigenvalue weighted by Gasteiger charge is -2.14. The summed E-state index contributed by atoms with van der Waals surface area (Å²) in [5.41, 5.74) is -0.0860. The highest BCUT2D eigenvalue weighted by Gasteiger charge is 2.18. The molecule has 0 heterocycles. The molecule has 0 saturated heterocycles. The lowest BCUT2D eigenvalue weighted by Crippen LogP contribution is -2.42. The summed E-state index contributed by atoms with van der Waals surface area (Å²) in [5, 5.41) is 13.2. The van der Waals surface area contributed by atoms with Crippen LogP contribution in [0.25, 0.3) is 0 Å². The molecule has 104 valence electrons. The van der Waals surface area contributed by atoms with Crippen LogP contribution in [0.4, 0.5) is 14.9 Å². The standard InChI is InChI=1S/C12H15FN2O4/c1-3-9(11(16)17)14-12(18)15-10-6-7(19-2)4-5-8(10)13/h4-6,9H,3H2,1-2H3,(H,16,17)(H2,14,15,18)/t9-/m1/s1. The maximum atomic E-state index is 13.4. The normalized spacial score (nSPS) is 11.5. The summed E-state index contributed by atoms with van der Waals surface area (Å²) in [6.07, 6.45) is 0.226. The van der Waals surface area contributed by atoms with Crippen LogP contribution in [0.1, 0.15) is 13.3 Å². The first-order valence-corrected chi connectivity index (χ1v) is 5.61. The topological polar surface area (TPSA) is 87.7 Å². The summed E-state index contributed by atoms with van der Waals surface area (Å²) in [6.45, 7) is 1.62. The van der Waals surface area contributed by atoms with Crippen molar-refractivity contribution in [2.45, 2.75) is 19.4 Å². The van der Waals surface area contributed by atoms with E-state index in [0.29, 0.717) is 5.75 Å². The van der Waals surface area contributed by atoms with Crippen LogP contribution >= 0.6 is 0 Å². The SMILES string of the molecule is CC[C@@H](NC(=O)Nc1cc(OC)ccc1F)C(=O)O. The molecule has 0 saturated carbocycles. The van der Waals surface area contributed by atoms with Crippen LogP contribution in [0.15, 0.2) is 18.2 Å². The fraction of sp³-hybridized carbons (Fsp3) is 0.333. The molecule has 0 spiro atoms. The quantitative estimate of drug-likeness (QED) is 0.761. The first-order chi connectivity index (χ1) is 8.97. The molecule has 6 nitrogen and oxygen atoms in total. The molecule has 0 radical (unpaired) electrons. The molecule has 2 amide bonds. The molecule has 0 unspecified atom stereocenters. The van der Waals surface area contributed by atoms with Gasteiger partial charge in [-0.2, -0.15) is 0 Å². The van der Waals surface area contributed by atoms with Crippen molar-refractivity contribution < 1.29 is 23.8 Å². The number of carbonyl (C=O) groups excluding carboxylic acids is 1. The number of hydrogen-bond acceptors (Lipinski definition) is 3. The molecule has 0 aliphatic rings. The Hall–Kier alpha value is -2.31. The average molecular weight is 270 g/mol. The fourth-order valence-corrected chi connectivity index (χ4v) is 1.38. The second-order valence-corrected chi connectivity index (χ2v) is 3.74. The van der Waals surface area contributed by atoms with E-state index in [1.165, 1.54) is 19.2 Å². The molecule has 0 aliphatic carbocycles. The lowest BCUT2D eigenvalue weighted by molar-refractivity contribution is -0.139. The predicted octanol–water partition coefficient (Wildman–Crippen LogP) is 1.82. The highest BCUT2D eigenvalue weighted by molar-refractivity contribution is 5.92. The van der Waals surface area contributed by atoms with Crippen molar-refractivity contribution in [2.24, 2.45) is 0 Å². The van der Waals surface area contributed by atoms with Crippen molar-refractivity contribution >= 4 is 17.7 Å². The third kappa shape index (κ3) is 4.13. The van der Waals surface area contributed by atoms with Crippen LogP contribution in [0.2, 0.25) is 0 Å². The summed E-state index contributed by atoms with van der Waals surface area (Å²) >= 11 is 0. The molecule has 0 aromatic heterocycles. The van der Waals surface area contributed by atoms with Crippen LogP contribution in [0, 0.1) is 5.82 Å². The third-order valence-electron chi connectivity index (χ3n) is 2.43. The Bertz CT molecular complexity index is 479. The molecule has 3 N–H and O–H groups in total. The van der Waals surface area contributed by atoms with Crippen molar-refractivity contribution in [3.8, 4) is 5.75 Å². The minimum Gasteiger partial charge on any atom is -0.497 e. The van der Waals surface area contributed by atoms with E-state index in [1.54, 1.807) is 6.92 Å². The number of benzene rings is 1. The summed E-state index contributed by atoms with van der Waals surface area (Å²) in [7, 11) is 1.41. The number of urea groups is 1. The van der Waals surface area contributed by atoms with Crippen LogP contribution in [-0.2, 0) is 4.79 Å². The number of ether oxygens (including phenoxy) is 1. The van der Waals surface area contributed by atoms with Crippen LogP contribution in [0.5, 0.6) is 5.75 Å². The number of methoxy groups -OCH3 is 1. The minimum atomic E-state index is -1.15. The van der Waals surface area contributed by atoms with Crippen LogP contribution in [-0.4, -0.2) is 30.3 Å². The van der Waals surface area contributed by atoms with E-state index < -0.39 is 23.9 Å². The van der Waals surface area contributed by atoms with Gasteiger partial charge in [-0.15, -0.1) is 0 Å². The van der Waals surface area contributed by atoms with Gasteiger partial charge < -0.3 is 20.5 Å². The van der Waals surface area contributed by atoms with Gasteiger partial charge in [0, 0.05) is 6.07 Å². The van der Waals surface area contributed by atoms with Gasteiger partial charge in [0.1, 0.15) is 17.6 Å². The Morgan fingerprint density at radius 3 is 2.68 bits per heavy atom. The van der Waals surface area contributed by atoms with Crippen LogP contribution < -0.4 is 15.4 Å². The zero-order valence-electron chi connectivity index (χ0n) is 10.6. The predicted molar refractivity (Wildman–Crippen MR) is 66.8 cm³/mol. The number of hydrogen-bond donors (Lipinski definition) is 3. The van der Waals surface area contributed by atoms with Crippen LogP contribution in [0.3, 0.4) is 0 Å². The van der Waals surface area contributed by atoms with Gasteiger partial charge in [0.15, 0.2) is 0 Å². The minimum absolute atomic E-state index is 0.0860. The Morgan fingerprint density at radius 2 is 2.16 bits per heavy atom. The number of anilines is 1. The Morgan fingerprint density at radius 1 is 1.47 bits per heavy atom. The van der Waals surface area contributed by atoms with E-state index in [0.717, 1.165) is 6.07 Å². The third-order valence-corrected chi connectivity index (χ3v) is 2.43. The molecule has 7 heteroatoms. The number of carboxylic acids is 1.